The molecule has 0 unspecified atom stereocenters. The molecule has 0 bridgehead atoms. The van der Waals surface area contributed by atoms with Crippen molar-refractivity contribution in [3.05, 3.63) is 192 Å². The van der Waals surface area contributed by atoms with E-state index in [-0.39, 0.29) is 5.56 Å². The lowest BCUT2D eigenvalue weighted by molar-refractivity contribution is -0.137. The van der Waals surface area contributed by atoms with E-state index in [2.05, 4.69) is 108 Å². The Hall–Kier alpha value is -7.87. The molecule has 2 aromatic heterocycles. The van der Waals surface area contributed by atoms with Gasteiger partial charge in [-0.05, 0) is 108 Å². The zero-order valence-electron chi connectivity index (χ0n) is 32.5. The number of benzene rings is 8. The number of nitrogens with zero attached hydrogens (tertiary/aromatic N) is 4. The molecule has 0 aliphatic rings. The van der Waals surface area contributed by atoms with Gasteiger partial charge in [0.15, 0.2) is 0 Å². The van der Waals surface area contributed by atoms with Crippen molar-refractivity contribution in [3.8, 4) is 56.9 Å². The molecular formula is C53H33F3N4. The van der Waals surface area contributed by atoms with E-state index in [4.69, 9.17) is 0 Å². The zero-order valence-corrected chi connectivity index (χ0v) is 32.5. The summed E-state index contributed by atoms with van der Waals surface area (Å²) in [5.41, 5.74) is 11.2. The molecule has 4 nitrogen and oxygen atoms in total. The van der Waals surface area contributed by atoms with Gasteiger partial charge in [0.05, 0.1) is 56.2 Å². The quantitative estimate of drug-likeness (QED) is 0.175. The van der Waals surface area contributed by atoms with Crippen LogP contribution in [-0.2, 0) is 6.18 Å². The van der Waals surface area contributed by atoms with Crippen LogP contribution in [0.4, 0.5) is 13.2 Å². The van der Waals surface area contributed by atoms with Crippen molar-refractivity contribution >= 4 is 43.6 Å². The molecule has 0 fully saturated rings. The third-order valence-corrected chi connectivity index (χ3v) is 11.7. The molecule has 0 saturated carbocycles. The van der Waals surface area contributed by atoms with Crippen LogP contribution in [0.25, 0.3) is 88.4 Å². The number of aromatic nitrogens is 2. The molecule has 0 atom stereocenters. The van der Waals surface area contributed by atoms with Gasteiger partial charge in [-0.1, -0.05) is 103 Å². The molecule has 286 valence electrons. The van der Waals surface area contributed by atoms with Gasteiger partial charge in [0, 0.05) is 32.7 Å². The average molecular weight is 783 g/mol. The minimum absolute atomic E-state index is 0.130. The molecular weight excluding hydrogens is 750 g/mol. The van der Waals surface area contributed by atoms with E-state index in [0.717, 1.165) is 89.1 Å². The van der Waals surface area contributed by atoms with E-state index in [1.807, 2.05) is 72.8 Å². The predicted octanol–water partition coefficient (Wildman–Crippen LogP) is 14.3. The first-order valence-electron chi connectivity index (χ1n) is 19.5. The topological polar surface area (TPSA) is 57.4 Å². The second kappa shape index (κ2) is 13.9. The third kappa shape index (κ3) is 5.74. The molecule has 0 N–H and O–H groups in total. The van der Waals surface area contributed by atoms with Crippen molar-refractivity contribution in [2.75, 3.05) is 0 Å². The van der Waals surface area contributed by atoms with E-state index in [0.29, 0.717) is 28.1 Å². The van der Waals surface area contributed by atoms with Gasteiger partial charge in [-0.3, -0.25) is 0 Å². The summed E-state index contributed by atoms with van der Waals surface area (Å²) in [6.45, 7) is 4.17. The van der Waals surface area contributed by atoms with Gasteiger partial charge >= 0.3 is 6.18 Å². The monoisotopic (exact) mass is 782 g/mol. The molecule has 10 aromatic rings. The summed E-state index contributed by atoms with van der Waals surface area (Å²) in [5.74, 6) is 0. The number of nitriles is 2. The molecule has 0 saturated heterocycles. The number of fused-ring (bicyclic) bond motifs is 6. The molecule has 0 aliphatic heterocycles. The number of rotatable bonds is 5. The number of para-hydroxylation sites is 2. The summed E-state index contributed by atoms with van der Waals surface area (Å²) in [4.78, 5) is 0. The third-order valence-electron chi connectivity index (χ3n) is 11.7. The van der Waals surface area contributed by atoms with Gasteiger partial charge in [0.25, 0.3) is 0 Å². The van der Waals surface area contributed by atoms with Crippen molar-refractivity contribution in [1.29, 1.82) is 10.5 Å². The fourth-order valence-corrected chi connectivity index (χ4v) is 8.89. The fourth-order valence-electron chi connectivity index (χ4n) is 8.89. The average Bonchev–Trinajstić information content (AvgIpc) is 3.77. The normalized spacial score (nSPS) is 11.7. The SMILES string of the molecule is Cc1ccccc1-c1ccc2c(c1)c1ccccc1n2-c1cc(-c2ccc(C(F)(F)F)cc2C#N)c(-n2c3ccccc3c3cc(-c4ccccc4C)ccc32)cc1C#N. The molecule has 2 heterocycles. The van der Waals surface area contributed by atoms with Crippen LogP contribution in [0.15, 0.2) is 164 Å². The van der Waals surface area contributed by atoms with Gasteiger partial charge < -0.3 is 9.13 Å². The van der Waals surface area contributed by atoms with E-state index < -0.39 is 11.7 Å². The number of alkyl halides is 3. The molecule has 7 heteroatoms. The van der Waals surface area contributed by atoms with Crippen LogP contribution in [0.2, 0.25) is 0 Å². The van der Waals surface area contributed by atoms with Gasteiger partial charge in [0.2, 0.25) is 0 Å². The first-order valence-corrected chi connectivity index (χ1v) is 19.5. The molecule has 10 rings (SSSR count). The maximum atomic E-state index is 14.1. The Kier molecular flexibility index (Phi) is 8.45. The Bertz CT molecular complexity index is 3480. The lowest BCUT2D eigenvalue weighted by atomic mass is 9.94. The second-order valence-corrected chi connectivity index (χ2v) is 15.2. The standard InChI is InChI=1S/C53H33F3N4/c1-32-11-3-5-13-39(32)34-19-23-49-44(26-34)42-15-7-9-17-47(42)59(49)51-29-46(41-22-21-38(53(54,55)56)25-36(41)30-57)52(28-37(51)31-58)60-48-18-10-8-16-43(48)45-27-35(20-24-50(45)60)40-14-6-4-12-33(40)2/h3-29H,1-2H3. The number of hydrogen-bond donors (Lipinski definition) is 0. The summed E-state index contributed by atoms with van der Waals surface area (Å²) in [6.07, 6.45) is -4.65. The lowest BCUT2D eigenvalue weighted by Gasteiger charge is -2.20. The maximum absolute atomic E-state index is 14.1. The largest absolute Gasteiger partial charge is 0.416 e. The molecule has 8 aromatic carbocycles. The highest BCUT2D eigenvalue weighted by atomic mass is 19.4. The van der Waals surface area contributed by atoms with Crippen molar-refractivity contribution in [1.82, 2.24) is 9.13 Å². The number of halogens is 3. The summed E-state index contributed by atoms with van der Waals surface area (Å²) in [7, 11) is 0. The van der Waals surface area contributed by atoms with Gasteiger partial charge in [-0.15, -0.1) is 0 Å². The van der Waals surface area contributed by atoms with Crippen LogP contribution in [0.5, 0.6) is 0 Å². The van der Waals surface area contributed by atoms with Crippen LogP contribution in [0, 0.1) is 36.5 Å². The van der Waals surface area contributed by atoms with Gasteiger partial charge in [-0.25, -0.2) is 0 Å². The Morgan fingerprint density at radius 3 is 1.42 bits per heavy atom. The summed E-state index contributed by atoms with van der Waals surface area (Å²) in [5, 5.41) is 25.5. The van der Waals surface area contributed by atoms with E-state index in [1.54, 1.807) is 0 Å². The van der Waals surface area contributed by atoms with Crippen LogP contribution in [-0.4, -0.2) is 9.13 Å². The predicted molar refractivity (Wildman–Crippen MR) is 235 cm³/mol. The highest BCUT2D eigenvalue weighted by Gasteiger charge is 2.32. The summed E-state index contributed by atoms with van der Waals surface area (Å²) in [6, 6.07) is 56.6. The van der Waals surface area contributed by atoms with E-state index >= 15 is 0 Å². The van der Waals surface area contributed by atoms with Crippen LogP contribution >= 0.6 is 0 Å². The Morgan fingerprint density at radius 1 is 0.417 bits per heavy atom. The van der Waals surface area contributed by atoms with Crippen molar-refractivity contribution in [2.45, 2.75) is 20.0 Å². The highest BCUT2D eigenvalue weighted by Crippen LogP contribution is 2.44. The molecule has 0 radical (unpaired) electrons. The number of hydrogen-bond acceptors (Lipinski definition) is 2. The van der Waals surface area contributed by atoms with Crippen LogP contribution in [0.3, 0.4) is 0 Å². The smallest absolute Gasteiger partial charge is 0.309 e. The zero-order chi connectivity index (χ0) is 41.3. The lowest BCUT2D eigenvalue weighted by Crippen LogP contribution is -2.07. The minimum Gasteiger partial charge on any atom is -0.309 e. The molecule has 0 amide bonds. The maximum Gasteiger partial charge on any atom is 0.416 e. The summed E-state index contributed by atoms with van der Waals surface area (Å²) >= 11 is 0. The Labute approximate surface area is 343 Å². The molecule has 60 heavy (non-hydrogen) atoms. The summed E-state index contributed by atoms with van der Waals surface area (Å²) < 4.78 is 46.5. The first-order chi connectivity index (χ1) is 29.1. The van der Waals surface area contributed by atoms with Gasteiger partial charge in [0.1, 0.15) is 6.07 Å². The molecule has 0 spiro atoms. The Balaban J connectivity index is 1.30. The van der Waals surface area contributed by atoms with Crippen LogP contribution in [0.1, 0.15) is 27.8 Å². The van der Waals surface area contributed by atoms with Crippen LogP contribution < -0.4 is 0 Å². The minimum atomic E-state index is -4.65. The van der Waals surface area contributed by atoms with E-state index in [1.165, 1.54) is 6.07 Å². The highest BCUT2D eigenvalue weighted by molar-refractivity contribution is 6.12. The number of aryl methyl sites for hydroxylation is 2. The van der Waals surface area contributed by atoms with Gasteiger partial charge in [-0.2, -0.15) is 23.7 Å². The van der Waals surface area contributed by atoms with Crippen molar-refractivity contribution < 1.29 is 13.2 Å². The first kappa shape index (κ1) is 36.5. The van der Waals surface area contributed by atoms with E-state index in [9.17, 15) is 23.7 Å². The second-order valence-electron chi connectivity index (χ2n) is 15.2. The Morgan fingerprint density at radius 2 is 0.900 bits per heavy atom. The molecule has 0 aliphatic carbocycles. The van der Waals surface area contributed by atoms with Crippen molar-refractivity contribution in [3.63, 3.8) is 0 Å². The fraction of sp³-hybridized carbons (Fsp3) is 0.0566. The van der Waals surface area contributed by atoms with Crippen molar-refractivity contribution in [2.24, 2.45) is 0 Å².